The third kappa shape index (κ3) is 3.44. The van der Waals surface area contributed by atoms with Gasteiger partial charge in [0.2, 0.25) is 5.91 Å². The fourth-order valence-corrected chi connectivity index (χ4v) is 1.33. The molecule has 1 aromatic rings. The summed E-state index contributed by atoms with van der Waals surface area (Å²) in [5.74, 6) is -0.728. The number of nitrogens with one attached hydrogen (secondary N) is 2. The van der Waals surface area contributed by atoms with Crippen LogP contribution < -0.4 is 10.7 Å². The lowest BCUT2D eigenvalue weighted by Gasteiger charge is -2.15. The number of aromatic amines is 1. The highest BCUT2D eigenvalue weighted by Crippen LogP contribution is 1.95. The Bertz CT molecular complexity index is 467. The van der Waals surface area contributed by atoms with Crippen molar-refractivity contribution < 1.29 is 9.59 Å². The average Bonchev–Trinajstić information content (AvgIpc) is 2.29. The van der Waals surface area contributed by atoms with Gasteiger partial charge in [-0.2, -0.15) is 0 Å². The van der Waals surface area contributed by atoms with Gasteiger partial charge in [-0.25, -0.2) is 0 Å². The van der Waals surface area contributed by atoms with Crippen molar-refractivity contribution in [2.45, 2.75) is 6.92 Å². The van der Waals surface area contributed by atoms with Gasteiger partial charge in [0, 0.05) is 32.1 Å². The number of pyridine rings is 1. The van der Waals surface area contributed by atoms with Gasteiger partial charge in [0.1, 0.15) is 5.56 Å². The number of H-pyrrole nitrogens is 1. The molecule has 6 nitrogen and oxygen atoms in total. The molecule has 0 aliphatic rings. The van der Waals surface area contributed by atoms with E-state index in [1.807, 2.05) is 0 Å². The molecule has 0 unspecified atom stereocenters. The van der Waals surface area contributed by atoms with E-state index in [9.17, 15) is 14.4 Å². The molecule has 6 heteroatoms. The van der Waals surface area contributed by atoms with E-state index in [1.54, 1.807) is 6.92 Å². The van der Waals surface area contributed by atoms with Gasteiger partial charge < -0.3 is 15.2 Å². The van der Waals surface area contributed by atoms with E-state index in [0.29, 0.717) is 6.54 Å². The van der Waals surface area contributed by atoms with Crippen LogP contribution in [0.25, 0.3) is 0 Å². The van der Waals surface area contributed by atoms with Gasteiger partial charge in [0.15, 0.2) is 5.43 Å². The SMILES string of the molecule is CCNC(=O)CN(C)C(=O)c1c[nH]ccc1=O. The molecule has 0 aliphatic heterocycles. The van der Waals surface area contributed by atoms with Crippen LogP contribution in [0.4, 0.5) is 0 Å². The quantitative estimate of drug-likeness (QED) is 0.746. The minimum atomic E-state index is -0.474. The molecule has 0 aromatic carbocycles. The highest BCUT2D eigenvalue weighted by molar-refractivity contribution is 5.95. The van der Waals surface area contributed by atoms with Crippen LogP contribution >= 0.6 is 0 Å². The Morgan fingerprint density at radius 3 is 2.76 bits per heavy atom. The monoisotopic (exact) mass is 237 g/mol. The maximum atomic E-state index is 11.8. The van der Waals surface area contributed by atoms with Crippen LogP contribution in [-0.2, 0) is 4.79 Å². The van der Waals surface area contributed by atoms with Crippen LogP contribution in [0.2, 0.25) is 0 Å². The topological polar surface area (TPSA) is 82.3 Å². The minimum absolute atomic E-state index is 0.0271. The van der Waals surface area contributed by atoms with Crippen LogP contribution in [-0.4, -0.2) is 41.8 Å². The van der Waals surface area contributed by atoms with E-state index in [0.717, 1.165) is 0 Å². The normalized spacial score (nSPS) is 9.76. The van der Waals surface area contributed by atoms with Crippen molar-refractivity contribution in [2.75, 3.05) is 20.1 Å². The summed E-state index contributed by atoms with van der Waals surface area (Å²) >= 11 is 0. The van der Waals surface area contributed by atoms with E-state index < -0.39 is 5.91 Å². The van der Waals surface area contributed by atoms with Gasteiger partial charge in [0.05, 0.1) is 6.54 Å². The summed E-state index contributed by atoms with van der Waals surface area (Å²) in [5.41, 5.74) is -0.337. The fourth-order valence-electron chi connectivity index (χ4n) is 1.33. The lowest BCUT2D eigenvalue weighted by Crippen LogP contribution is -2.39. The first-order valence-corrected chi connectivity index (χ1v) is 5.25. The predicted octanol–water partition coefficient (Wildman–Crippen LogP) is -0.417. The van der Waals surface area contributed by atoms with Gasteiger partial charge in [-0.1, -0.05) is 0 Å². The molecule has 0 radical (unpaired) electrons. The van der Waals surface area contributed by atoms with Crippen LogP contribution in [0.1, 0.15) is 17.3 Å². The van der Waals surface area contributed by atoms with Crippen molar-refractivity contribution in [2.24, 2.45) is 0 Å². The molecule has 0 aliphatic carbocycles. The summed E-state index contributed by atoms with van der Waals surface area (Å²) in [6.45, 7) is 2.23. The van der Waals surface area contributed by atoms with E-state index in [1.165, 1.54) is 30.4 Å². The average molecular weight is 237 g/mol. The number of hydrogen-bond donors (Lipinski definition) is 2. The summed E-state index contributed by atoms with van der Waals surface area (Å²) < 4.78 is 0. The van der Waals surface area contributed by atoms with Gasteiger partial charge in [-0.05, 0) is 6.92 Å². The smallest absolute Gasteiger partial charge is 0.259 e. The molecule has 0 saturated heterocycles. The second-order valence-electron chi connectivity index (χ2n) is 3.54. The van der Waals surface area contributed by atoms with E-state index in [4.69, 9.17) is 0 Å². The van der Waals surface area contributed by atoms with Gasteiger partial charge in [0.25, 0.3) is 5.91 Å². The van der Waals surface area contributed by atoms with Crippen molar-refractivity contribution in [1.82, 2.24) is 15.2 Å². The maximum absolute atomic E-state index is 11.8. The molecule has 0 spiro atoms. The number of likely N-dealkylation sites (N-methyl/N-ethyl adjacent to an activating group) is 2. The molecule has 1 aromatic heterocycles. The van der Waals surface area contributed by atoms with Gasteiger partial charge >= 0.3 is 0 Å². The zero-order chi connectivity index (χ0) is 12.8. The molecule has 0 fully saturated rings. The molecular weight excluding hydrogens is 222 g/mol. The lowest BCUT2D eigenvalue weighted by molar-refractivity contribution is -0.121. The van der Waals surface area contributed by atoms with Crippen LogP contribution in [0.5, 0.6) is 0 Å². The molecule has 92 valence electrons. The van der Waals surface area contributed by atoms with Crippen molar-refractivity contribution in [3.63, 3.8) is 0 Å². The Labute approximate surface area is 98.6 Å². The molecule has 1 heterocycles. The van der Waals surface area contributed by atoms with E-state index >= 15 is 0 Å². The number of carbonyl (C=O) groups excluding carboxylic acids is 2. The summed E-state index contributed by atoms with van der Waals surface area (Å²) in [5, 5.41) is 2.58. The Hall–Kier alpha value is -2.11. The molecule has 0 saturated carbocycles. The molecule has 0 bridgehead atoms. The zero-order valence-corrected chi connectivity index (χ0v) is 9.82. The molecule has 2 amide bonds. The predicted molar refractivity (Wildman–Crippen MR) is 62.7 cm³/mol. The first kappa shape index (κ1) is 13.0. The van der Waals surface area contributed by atoms with Crippen LogP contribution in [0.15, 0.2) is 23.3 Å². The summed E-state index contributed by atoms with van der Waals surface area (Å²) in [6, 6.07) is 1.27. The van der Waals surface area contributed by atoms with Crippen LogP contribution in [0, 0.1) is 0 Å². The number of aromatic nitrogens is 1. The third-order valence-corrected chi connectivity index (χ3v) is 2.16. The standard InChI is InChI=1S/C11H15N3O3/c1-3-13-10(16)7-14(2)11(17)8-6-12-5-4-9(8)15/h4-6H,3,7H2,1-2H3,(H,12,15)(H,13,16). The molecule has 2 N–H and O–H groups in total. The maximum Gasteiger partial charge on any atom is 0.259 e. The number of rotatable bonds is 4. The van der Waals surface area contributed by atoms with E-state index in [-0.39, 0.29) is 23.4 Å². The fraction of sp³-hybridized carbons (Fsp3) is 0.364. The van der Waals surface area contributed by atoms with Crippen molar-refractivity contribution in [1.29, 1.82) is 0 Å². The number of carbonyl (C=O) groups is 2. The minimum Gasteiger partial charge on any atom is -0.367 e. The highest BCUT2D eigenvalue weighted by atomic mass is 16.2. The third-order valence-electron chi connectivity index (χ3n) is 2.16. The van der Waals surface area contributed by atoms with Crippen molar-refractivity contribution in [3.8, 4) is 0 Å². The molecular formula is C11H15N3O3. The lowest BCUT2D eigenvalue weighted by atomic mass is 10.2. The molecule has 17 heavy (non-hydrogen) atoms. The molecule has 1 rings (SSSR count). The Morgan fingerprint density at radius 1 is 1.47 bits per heavy atom. The summed E-state index contributed by atoms with van der Waals surface area (Å²) in [4.78, 5) is 38.4. The number of amides is 2. The number of nitrogens with zero attached hydrogens (tertiary/aromatic N) is 1. The second-order valence-corrected chi connectivity index (χ2v) is 3.54. The number of hydrogen-bond acceptors (Lipinski definition) is 3. The second kappa shape index (κ2) is 5.83. The molecule has 0 atom stereocenters. The van der Waals surface area contributed by atoms with Crippen molar-refractivity contribution >= 4 is 11.8 Å². The largest absolute Gasteiger partial charge is 0.367 e. The summed E-state index contributed by atoms with van der Waals surface area (Å²) in [7, 11) is 1.48. The highest BCUT2D eigenvalue weighted by Gasteiger charge is 2.16. The summed E-state index contributed by atoms with van der Waals surface area (Å²) in [6.07, 6.45) is 2.78. The van der Waals surface area contributed by atoms with Gasteiger partial charge in [-0.15, -0.1) is 0 Å². The Balaban J connectivity index is 2.74. The van der Waals surface area contributed by atoms with Crippen molar-refractivity contribution in [3.05, 3.63) is 34.2 Å². The van der Waals surface area contributed by atoms with E-state index in [2.05, 4.69) is 10.3 Å². The first-order valence-electron chi connectivity index (χ1n) is 5.25. The first-order chi connectivity index (χ1) is 8.06. The van der Waals surface area contributed by atoms with Crippen LogP contribution in [0.3, 0.4) is 0 Å². The van der Waals surface area contributed by atoms with Gasteiger partial charge in [-0.3, -0.25) is 14.4 Å². The Morgan fingerprint density at radius 2 is 2.18 bits per heavy atom. The zero-order valence-electron chi connectivity index (χ0n) is 9.82. The Kier molecular flexibility index (Phi) is 4.45.